The summed E-state index contributed by atoms with van der Waals surface area (Å²) in [5.41, 5.74) is 4.48. The molecule has 0 aliphatic rings. The second kappa shape index (κ2) is 9.51. The first kappa shape index (κ1) is 21.4. The Kier molecular flexibility index (Phi) is 6.35. The molecule has 0 radical (unpaired) electrons. The molecule has 7 nitrogen and oxygen atoms in total. The second-order valence-corrected chi connectivity index (χ2v) is 7.65. The number of hydrogen-bond donors (Lipinski definition) is 1. The highest BCUT2D eigenvalue weighted by Crippen LogP contribution is 2.22. The number of methoxy groups -OCH3 is 1. The third-order valence-corrected chi connectivity index (χ3v) is 5.47. The fraction of sp³-hybridized carbons (Fsp3) is 0.240. The molecule has 7 heteroatoms. The van der Waals surface area contributed by atoms with Gasteiger partial charge in [-0.25, -0.2) is 9.48 Å². The van der Waals surface area contributed by atoms with Crippen molar-refractivity contribution >= 4 is 22.8 Å². The van der Waals surface area contributed by atoms with Gasteiger partial charge in [0, 0.05) is 29.8 Å². The highest BCUT2D eigenvalue weighted by Gasteiger charge is 2.16. The van der Waals surface area contributed by atoms with Gasteiger partial charge in [0.25, 0.3) is 0 Å². The van der Waals surface area contributed by atoms with E-state index < -0.39 is 5.97 Å². The molecule has 4 rings (SSSR count). The van der Waals surface area contributed by atoms with Gasteiger partial charge in [-0.2, -0.15) is 5.10 Å². The van der Waals surface area contributed by atoms with Gasteiger partial charge in [-0.1, -0.05) is 36.4 Å². The van der Waals surface area contributed by atoms with E-state index in [2.05, 4.69) is 10.4 Å². The number of para-hydroxylation sites is 2. The number of carbonyl (C=O) groups excluding carboxylic acids is 2. The molecule has 4 aromatic rings. The van der Waals surface area contributed by atoms with Crippen molar-refractivity contribution in [3.05, 3.63) is 83.8 Å². The third kappa shape index (κ3) is 4.56. The fourth-order valence-corrected chi connectivity index (χ4v) is 3.82. The molecule has 0 saturated carbocycles. The number of aryl methyl sites for hydroxylation is 2. The van der Waals surface area contributed by atoms with E-state index in [0.717, 1.165) is 35.1 Å². The summed E-state index contributed by atoms with van der Waals surface area (Å²) in [6, 6.07) is 17.5. The molecule has 0 spiro atoms. The Morgan fingerprint density at radius 3 is 2.56 bits per heavy atom. The fourth-order valence-electron chi connectivity index (χ4n) is 3.82. The number of benzene rings is 2. The Hall–Kier alpha value is -3.87. The summed E-state index contributed by atoms with van der Waals surface area (Å²) in [7, 11) is 1.35. The number of rotatable bonds is 8. The zero-order chi connectivity index (χ0) is 22.5. The molecule has 0 aliphatic carbocycles. The van der Waals surface area contributed by atoms with Crippen molar-refractivity contribution in [1.82, 2.24) is 19.7 Å². The summed E-state index contributed by atoms with van der Waals surface area (Å²) in [5, 5.41) is 8.34. The van der Waals surface area contributed by atoms with E-state index in [0.29, 0.717) is 12.1 Å². The van der Waals surface area contributed by atoms with Crippen LogP contribution in [0, 0.1) is 6.92 Å². The number of hydrogen-bond acceptors (Lipinski definition) is 4. The first-order valence-corrected chi connectivity index (χ1v) is 10.6. The number of amides is 1. The zero-order valence-corrected chi connectivity index (χ0v) is 18.2. The Labute approximate surface area is 186 Å². The lowest BCUT2D eigenvalue weighted by atomic mass is 10.1. The molecule has 1 amide bonds. The first-order valence-electron chi connectivity index (χ1n) is 10.6. The minimum Gasteiger partial charge on any atom is -0.465 e. The normalized spacial score (nSPS) is 10.9. The van der Waals surface area contributed by atoms with E-state index >= 15 is 0 Å². The molecule has 0 unspecified atom stereocenters. The van der Waals surface area contributed by atoms with Crippen molar-refractivity contribution in [3.63, 3.8) is 0 Å². The number of nitrogens with zero attached hydrogens (tertiary/aromatic N) is 3. The van der Waals surface area contributed by atoms with Crippen molar-refractivity contribution in [2.45, 2.75) is 26.3 Å². The van der Waals surface area contributed by atoms with Crippen LogP contribution in [-0.2, 0) is 22.5 Å². The molecule has 0 atom stereocenters. The van der Waals surface area contributed by atoms with E-state index in [1.165, 1.54) is 12.7 Å². The molecular weight excluding hydrogens is 404 g/mol. The van der Waals surface area contributed by atoms with E-state index in [9.17, 15) is 9.59 Å². The number of aromatic nitrogens is 3. The van der Waals surface area contributed by atoms with Gasteiger partial charge in [0.05, 0.1) is 24.1 Å². The van der Waals surface area contributed by atoms with Gasteiger partial charge in [-0.05, 0) is 43.5 Å². The molecule has 32 heavy (non-hydrogen) atoms. The van der Waals surface area contributed by atoms with Gasteiger partial charge in [0.1, 0.15) is 6.54 Å². The number of ether oxygens (including phenoxy) is 1. The highest BCUT2D eigenvalue weighted by atomic mass is 16.5. The second-order valence-electron chi connectivity index (χ2n) is 7.65. The van der Waals surface area contributed by atoms with Crippen LogP contribution >= 0.6 is 0 Å². The van der Waals surface area contributed by atoms with Crippen LogP contribution in [0.4, 0.5) is 0 Å². The number of carbonyl (C=O) groups is 2. The summed E-state index contributed by atoms with van der Waals surface area (Å²) in [4.78, 5) is 24.6. The summed E-state index contributed by atoms with van der Waals surface area (Å²) >= 11 is 0. The van der Waals surface area contributed by atoms with Crippen LogP contribution < -0.4 is 5.32 Å². The Bertz CT molecular complexity index is 1240. The molecule has 2 aromatic heterocycles. The van der Waals surface area contributed by atoms with Crippen LogP contribution in [0.2, 0.25) is 0 Å². The summed E-state index contributed by atoms with van der Waals surface area (Å²) in [5.74, 6) is -0.509. The Balaban J connectivity index is 1.33. The monoisotopic (exact) mass is 430 g/mol. The number of nitrogens with one attached hydrogen (secondary N) is 1. The lowest BCUT2D eigenvalue weighted by Crippen LogP contribution is -2.28. The first-order chi connectivity index (χ1) is 15.6. The number of fused-ring (bicyclic) bond motifs is 1. The molecule has 2 heterocycles. The van der Waals surface area contributed by atoms with Crippen molar-refractivity contribution in [2.75, 3.05) is 13.7 Å². The molecule has 0 bridgehead atoms. The molecule has 0 fully saturated rings. The largest absolute Gasteiger partial charge is 0.465 e. The van der Waals surface area contributed by atoms with Crippen molar-refractivity contribution in [1.29, 1.82) is 0 Å². The predicted octanol–water partition coefficient (Wildman–Crippen LogP) is 3.67. The average molecular weight is 431 g/mol. The van der Waals surface area contributed by atoms with Gasteiger partial charge < -0.3 is 14.6 Å². The summed E-state index contributed by atoms with van der Waals surface area (Å²) in [6.07, 6.45) is 5.37. The lowest BCUT2D eigenvalue weighted by molar-refractivity contribution is -0.121. The quantitative estimate of drug-likeness (QED) is 0.342. The molecular formula is C25H26N4O3. The van der Waals surface area contributed by atoms with Crippen LogP contribution in [0.1, 0.15) is 28.0 Å². The van der Waals surface area contributed by atoms with Crippen LogP contribution in [0.25, 0.3) is 16.6 Å². The maximum Gasteiger partial charge on any atom is 0.340 e. The number of esters is 1. The van der Waals surface area contributed by atoms with E-state index in [1.807, 2.05) is 72.4 Å². The molecule has 0 saturated heterocycles. The van der Waals surface area contributed by atoms with Crippen molar-refractivity contribution in [3.8, 4) is 5.69 Å². The van der Waals surface area contributed by atoms with E-state index in [1.54, 1.807) is 10.8 Å². The maximum atomic E-state index is 12.5. The standard InChI is InChI=1S/C25H26N4O3/c1-18-19(15-29(27-18)20-10-4-3-5-11-20)9-8-14-26-24(30)17-28-16-22(25(31)32-2)21-12-6-7-13-23(21)28/h3-7,10-13,15-16H,8-9,14,17H2,1-2H3,(H,26,30). The summed E-state index contributed by atoms with van der Waals surface area (Å²) in [6.45, 7) is 2.71. The van der Waals surface area contributed by atoms with Crippen LogP contribution in [0.5, 0.6) is 0 Å². The molecule has 164 valence electrons. The topological polar surface area (TPSA) is 78.1 Å². The molecule has 1 N–H and O–H groups in total. The van der Waals surface area contributed by atoms with Gasteiger partial charge in [0.2, 0.25) is 5.91 Å². The minimum atomic E-state index is -0.410. The van der Waals surface area contributed by atoms with E-state index in [4.69, 9.17) is 4.74 Å². The SMILES string of the molecule is COC(=O)c1cn(CC(=O)NCCCc2cn(-c3ccccc3)nc2C)c2ccccc12. The van der Waals surface area contributed by atoms with Gasteiger partial charge in [-0.15, -0.1) is 0 Å². The lowest BCUT2D eigenvalue weighted by Gasteiger charge is -2.07. The molecule has 0 aliphatic heterocycles. The Morgan fingerprint density at radius 2 is 1.78 bits per heavy atom. The van der Waals surface area contributed by atoms with Crippen LogP contribution in [0.15, 0.2) is 67.0 Å². The van der Waals surface area contributed by atoms with Gasteiger partial charge >= 0.3 is 5.97 Å². The highest BCUT2D eigenvalue weighted by molar-refractivity contribution is 6.04. The smallest absolute Gasteiger partial charge is 0.340 e. The van der Waals surface area contributed by atoms with Gasteiger partial charge in [-0.3, -0.25) is 4.79 Å². The van der Waals surface area contributed by atoms with Crippen molar-refractivity contribution < 1.29 is 14.3 Å². The molecule has 2 aromatic carbocycles. The predicted molar refractivity (Wildman–Crippen MR) is 123 cm³/mol. The van der Waals surface area contributed by atoms with E-state index in [-0.39, 0.29) is 12.5 Å². The maximum absolute atomic E-state index is 12.5. The third-order valence-electron chi connectivity index (χ3n) is 5.47. The minimum absolute atomic E-state index is 0.0983. The average Bonchev–Trinajstić information content (AvgIpc) is 3.37. The summed E-state index contributed by atoms with van der Waals surface area (Å²) < 4.78 is 8.53. The Morgan fingerprint density at radius 1 is 1.03 bits per heavy atom. The zero-order valence-electron chi connectivity index (χ0n) is 18.2. The van der Waals surface area contributed by atoms with Gasteiger partial charge in [0.15, 0.2) is 0 Å². The van der Waals surface area contributed by atoms with Crippen LogP contribution in [0.3, 0.4) is 0 Å². The van der Waals surface area contributed by atoms with Crippen LogP contribution in [-0.4, -0.2) is 39.9 Å². The van der Waals surface area contributed by atoms with Crippen molar-refractivity contribution in [2.24, 2.45) is 0 Å².